The Balaban J connectivity index is 1.81. The van der Waals surface area contributed by atoms with E-state index in [-0.39, 0.29) is 6.04 Å². The van der Waals surface area contributed by atoms with Crippen LogP contribution in [0.4, 0.5) is 11.4 Å². The lowest BCUT2D eigenvalue weighted by molar-refractivity contribution is 0.353. The predicted molar refractivity (Wildman–Crippen MR) is 101 cm³/mol. The average molecular weight is 354 g/mol. The van der Waals surface area contributed by atoms with Gasteiger partial charge in [0.15, 0.2) is 23.0 Å². The molecule has 0 aromatic heterocycles. The third kappa shape index (κ3) is 2.44. The van der Waals surface area contributed by atoms with Gasteiger partial charge in [0.05, 0.1) is 46.5 Å². The standard InChI is InChI=1S/C20H22N2O4/c1-23-17-7-12-5-6-15-13-8-18(24-2)19(25-3)9-14(13)21-11-22(15)16(12)10-20(17)26-4/h7-11,15H,5-6H2,1-4H3. The summed E-state index contributed by atoms with van der Waals surface area (Å²) in [6, 6.07) is 8.26. The number of nitrogens with zero attached hydrogens (tertiary/aromatic N) is 2. The SMILES string of the molecule is COc1cc2c(cc1OC)N1C=Nc3cc(OC)c(OC)cc3C1CC2. The van der Waals surface area contributed by atoms with Crippen LogP contribution in [0.25, 0.3) is 0 Å². The van der Waals surface area contributed by atoms with Crippen molar-refractivity contribution in [2.75, 3.05) is 33.3 Å². The van der Waals surface area contributed by atoms with Crippen molar-refractivity contribution >= 4 is 17.7 Å². The zero-order valence-corrected chi connectivity index (χ0v) is 15.4. The topological polar surface area (TPSA) is 52.5 Å². The third-order valence-corrected chi connectivity index (χ3v) is 5.10. The molecule has 2 aliphatic heterocycles. The maximum atomic E-state index is 5.49. The molecule has 0 spiro atoms. The summed E-state index contributed by atoms with van der Waals surface area (Å²) in [4.78, 5) is 6.86. The molecule has 2 aromatic carbocycles. The largest absolute Gasteiger partial charge is 0.493 e. The highest BCUT2D eigenvalue weighted by atomic mass is 16.5. The molecule has 1 atom stereocenters. The summed E-state index contributed by atoms with van der Waals surface area (Å²) in [6.07, 6.45) is 3.83. The van der Waals surface area contributed by atoms with Crippen LogP contribution in [0.3, 0.4) is 0 Å². The van der Waals surface area contributed by atoms with Gasteiger partial charge in [-0.1, -0.05) is 0 Å². The summed E-state index contributed by atoms with van der Waals surface area (Å²) in [5, 5.41) is 0. The van der Waals surface area contributed by atoms with Gasteiger partial charge in [0.2, 0.25) is 0 Å². The van der Waals surface area contributed by atoms with Gasteiger partial charge in [0.25, 0.3) is 0 Å². The molecule has 136 valence electrons. The highest BCUT2D eigenvalue weighted by Gasteiger charge is 2.33. The monoisotopic (exact) mass is 354 g/mol. The Morgan fingerprint density at radius 1 is 0.846 bits per heavy atom. The van der Waals surface area contributed by atoms with E-state index in [0.717, 1.165) is 47.0 Å². The van der Waals surface area contributed by atoms with Crippen LogP contribution in [0.2, 0.25) is 0 Å². The van der Waals surface area contributed by atoms with Gasteiger partial charge in [-0.3, -0.25) is 0 Å². The fraction of sp³-hybridized carbons (Fsp3) is 0.350. The van der Waals surface area contributed by atoms with Crippen LogP contribution in [0.15, 0.2) is 29.3 Å². The molecule has 0 amide bonds. The van der Waals surface area contributed by atoms with Crippen LogP contribution in [-0.4, -0.2) is 34.8 Å². The van der Waals surface area contributed by atoms with Gasteiger partial charge >= 0.3 is 0 Å². The summed E-state index contributed by atoms with van der Waals surface area (Å²) in [5.74, 6) is 2.89. The number of hydrogen-bond donors (Lipinski definition) is 0. The molecule has 1 unspecified atom stereocenters. The first-order valence-electron chi connectivity index (χ1n) is 8.53. The molecule has 2 aliphatic rings. The van der Waals surface area contributed by atoms with Crippen LogP contribution in [0, 0.1) is 0 Å². The number of ether oxygens (including phenoxy) is 4. The van der Waals surface area contributed by atoms with Crippen LogP contribution in [-0.2, 0) is 6.42 Å². The fourth-order valence-electron chi connectivity index (χ4n) is 3.79. The van der Waals surface area contributed by atoms with Gasteiger partial charge in [-0.25, -0.2) is 4.99 Å². The van der Waals surface area contributed by atoms with Crippen molar-refractivity contribution in [2.45, 2.75) is 18.9 Å². The third-order valence-electron chi connectivity index (χ3n) is 5.10. The molecule has 0 saturated heterocycles. The zero-order chi connectivity index (χ0) is 18.3. The molecule has 6 nitrogen and oxygen atoms in total. The number of fused-ring (bicyclic) bond motifs is 5. The molecule has 0 saturated carbocycles. The predicted octanol–water partition coefficient (Wildman–Crippen LogP) is 3.89. The second kappa shape index (κ2) is 6.44. The smallest absolute Gasteiger partial charge is 0.162 e. The van der Waals surface area contributed by atoms with Gasteiger partial charge < -0.3 is 23.8 Å². The first-order valence-corrected chi connectivity index (χ1v) is 8.53. The van der Waals surface area contributed by atoms with E-state index >= 15 is 0 Å². The lowest BCUT2D eigenvalue weighted by atomic mass is 9.89. The number of hydrogen-bond acceptors (Lipinski definition) is 6. The van der Waals surface area contributed by atoms with E-state index in [2.05, 4.69) is 16.0 Å². The van der Waals surface area contributed by atoms with E-state index in [0.29, 0.717) is 5.75 Å². The lowest BCUT2D eigenvalue weighted by Gasteiger charge is -2.39. The van der Waals surface area contributed by atoms with Crippen LogP contribution in [0.1, 0.15) is 23.6 Å². The van der Waals surface area contributed by atoms with Crippen molar-refractivity contribution in [2.24, 2.45) is 4.99 Å². The molecular formula is C20H22N2O4. The van der Waals surface area contributed by atoms with E-state index < -0.39 is 0 Å². The second-order valence-corrected chi connectivity index (χ2v) is 6.31. The number of rotatable bonds is 4. The minimum atomic E-state index is 0.202. The highest BCUT2D eigenvalue weighted by Crippen LogP contribution is 2.48. The Kier molecular flexibility index (Phi) is 4.11. The van der Waals surface area contributed by atoms with Gasteiger partial charge in [-0.05, 0) is 30.5 Å². The molecule has 0 radical (unpaired) electrons. The zero-order valence-electron chi connectivity index (χ0n) is 15.4. The fourth-order valence-corrected chi connectivity index (χ4v) is 3.79. The molecule has 2 aromatic rings. The van der Waals surface area contributed by atoms with Gasteiger partial charge in [-0.15, -0.1) is 0 Å². The lowest BCUT2D eigenvalue weighted by Crippen LogP contribution is -2.34. The number of benzene rings is 2. The van der Waals surface area contributed by atoms with Crippen molar-refractivity contribution in [3.05, 3.63) is 35.4 Å². The molecule has 4 rings (SSSR count). The van der Waals surface area contributed by atoms with Crippen LogP contribution in [0.5, 0.6) is 23.0 Å². The summed E-state index contributed by atoms with van der Waals surface area (Å²) in [6.45, 7) is 0. The van der Waals surface area contributed by atoms with E-state index in [4.69, 9.17) is 18.9 Å². The quantitative estimate of drug-likeness (QED) is 0.834. The Hall–Kier alpha value is -2.89. The number of anilines is 1. The van der Waals surface area contributed by atoms with Crippen molar-refractivity contribution in [3.63, 3.8) is 0 Å². The van der Waals surface area contributed by atoms with Crippen LogP contribution < -0.4 is 23.8 Å². The van der Waals surface area contributed by atoms with Gasteiger partial charge in [0.1, 0.15) is 0 Å². The molecule has 2 heterocycles. The molecule has 0 aliphatic carbocycles. The number of methoxy groups -OCH3 is 4. The minimum absolute atomic E-state index is 0.202. The van der Waals surface area contributed by atoms with Gasteiger partial charge in [0, 0.05) is 23.4 Å². The number of aliphatic imine (C=N–C) groups is 1. The number of aryl methyl sites for hydroxylation is 1. The Morgan fingerprint density at radius 3 is 2.15 bits per heavy atom. The van der Waals surface area contributed by atoms with E-state index in [1.54, 1.807) is 28.4 Å². The van der Waals surface area contributed by atoms with Crippen molar-refractivity contribution in [1.82, 2.24) is 0 Å². The van der Waals surface area contributed by atoms with Gasteiger partial charge in [-0.2, -0.15) is 0 Å². The Labute approximate surface area is 153 Å². The van der Waals surface area contributed by atoms with E-state index in [9.17, 15) is 0 Å². The highest BCUT2D eigenvalue weighted by molar-refractivity contribution is 5.89. The molecule has 26 heavy (non-hydrogen) atoms. The first-order chi connectivity index (χ1) is 12.7. The molecular weight excluding hydrogens is 332 g/mol. The summed E-state index contributed by atoms with van der Waals surface area (Å²) < 4.78 is 21.8. The molecule has 0 fully saturated rings. The normalized spacial score (nSPS) is 17.1. The average Bonchev–Trinajstić information content (AvgIpc) is 2.70. The molecule has 0 N–H and O–H groups in total. The van der Waals surface area contributed by atoms with E-state index in [1.165, 1.54) is 5.56 Å². The maximum absolute atomic E-state index is 5.49. The van der Waals surface area contributed by atoms with E-state index in [1.807, 2.05) is 24.5 Å². The summed E-state index contributed by atoms with van der Waals surface area (Å²) in [7, 11) is 6.61. The Bertz CT molecular complexity index is 879. The maximum Gasteiger partial charge on any atom is 0.162 e. The molecule has 0 bridgehead atoms. The summed E-state index contributed by atoms with van der Waals surface area (Å²) >= 11 is 0. The minimum Gasteiger partial charge on any atom is -0.493 e. The second-order valence-electron chi connectivity index (χ2n) is 6.31. The summed E-state index contributed by atoms with van der Waals surface area (Å²) in [5.41, 5.74) is 4.40. The van der Waals surface area contributed by atoms with Crippen molar-refractivity contribution in [3.8, 4) is 23.0 Å². The Morgan fingerprint density at radius 2 is 1.46 bits per heavy atom. The molecule has 6 heteroatoms. The van der Waals surface area contributed by atoms with Crippen molar-refractivity contribution < 1.29 is 18.9 Å². The first kappa shape index (κ1) is 16.6. The van der Waals surface area contributed by atoms with Crippen LogP contribution >= 0.6 is 0 Å². The van der Waals surface area contributed by atoms with Crippen molar-refractivity contribution in [1.29, 1.82) is 0 Å².